The van der Waals surface area contributed by atoms with E-state index in [4.69, 9.17) is 10.5 Å². The Labute approximate surface area is 103 Å². The lowest BCUT2D eigenvalue weighted by Gasteiger charge is -2.40. The third-order valence-electron chi connectivity index (χ3n) is 3.36. The van der Waals surface area contributed by atoms with Gasteiger partial charge in [0, 0.05) is 25.2 Å². The minimum Gasteiger partial charge on any atom is -0.444 e. The van der Waals surface area contributed by atoms with Crippen molar-refractivity contribution in [2.24, 2.45) is 5.73 Å². The van der Waals surface area contributed by atoms with E-state index in [1.807, 2.05) is 20.8 Å². The van der Waals surface area contributed by atoms with Crippen LogP contribution < -0.4 is 11.1 Å². The number of ether oxygens (including phenoxy) is 1. The fourth-order valence-corrected chi connectivity index (χ4v) is 2.23. The average molecular weight is 241 g/mol. The molecule has 0 bridgehead atoms. The molecule has 1 aliphatic heterocycles. The van der Waals surface area contributed by atoms with Gasteiger partial charge in [0.1, 0.15) is 5.60 Å². The number of rotatable bonds is 1. The molecule has 0 aromatic carbocycles. The van der Waals surface area contributed by atoms with Crippen molar-refractivity contribution in [3.05, 3.63) is 0 Å². The number of nitrogens with two attached hydrogens (primary N) is 1. The van der Waals surface area contributed by atoms with E-state index in [0.29, 0.717) is 6.54 Å². The van der Waals surface area contributed by atoms with Crippen LogP contribution in [0.3, 0.4) is 0 Å². The highest BCUT2D eigenvalue weighted by atomic mass is 16.6. The second-order valence-corrected chi connectivity index (χ2v) is 6.13. The first kappa shape index (κ1) is 12.6. The molecule has 1 atom stereocenters. The van der Waals surface area contributed by atoms with E-state index in [2.05, 4.69) is 5.32 Å². The first-order valence-electron chi connectivity index (χ1n) is 6.31. The van der Waals surface area contributed by atoms with Gasteiger partial charge in [-0.2, -0.15) is 0 Å². The summed E-state index contributed by atoms with van der Waals surface area (Å²) in [6.45, 7) is 7.92. The van der Waals surface area contributed by atoms with Gasteiger partial charge in [0.25, 0.3) is 0 Å². The number of nitrogens with zero attached hydrogens (tertiary/aromatic N) is 1. The summed E-state index contributed by atoms with van der Waals surface area (Å²) in [6.07, 6.45) is 1.76. The van der Waals surface area contributed by atoms with Gasteiger partial charge < -0.3 is 20.7 Å². The topological polar surface area (TPSA) is 67.6 Å². The Kier molecular flexibility index (Phi) is 3.08. The standard InChI is InChI=1S/C12H23N3O2/c1-11(2,3)17-10(16)15-7-6-14-8-9(15)12(13)4-5-12/h9,14H,4-8,13H2,1-3H3. The third kappa shape index (κ3) is 2.90. The Bertz CT molecular complexity index is 307. The monoisotopic (exact) mass is 241 g/mol. The lowest BCUT2D eigenvalue weighted by molar-refractivity contribution is 0.00770. The lowest BCUT2D eigenvalue weighted by Crippen LogP contribution is -2.62. The van der Waals surface area contributed by atoms with Crippen molar-refractivity contribution in [3.8, 4) is 0 Å². The Morgan fingerprint density at radius 1 is 1.47 bits per heavy atom. The molecule has 1 amide bonds. The van der Waals surface area contributed by atoms with Crippen molar-refractivity contribution in [1.29, 1.82) is 0 Å². The number of hydrogen-bond donors (Lipinski definition) is 2. The molecule has 98 valence electrons. The van der Waals surface area contributed by atoms with Crippen LogP contribution in [0, 0.1) is 0 Å². The molecule has 1 heterocycles. The van der Waals surface area contributed by atoms with E-state index in [-0.39, 0.29) is 17.7 Å². The number of piperazine rings is 1. The number of hydrogen-bond acceptors (Lipinski definition) is 4. The van der Waals surface area contributed by atoms with Crippen LogP contribution in [0.2, 0.25) is 0 Å². The fraction of sp³-hybridized carbons (Fsp3) is 0.917. The zero-order valence-electron chi connectivity index (χ0n) is 11.0. The molecule has 1 saturated carbocycles. The molecule has 0 aromatic rings. The van der Waals surface area contributed by atoms with E-state index in [1.165, 1.54) is 0 Å². The van der Waals surface area contributed by atoms with Crippen molar-refractivity contribution in [3.63, 3.8) is 0 Å². The van der Waals surface area contributed by atoms with Crippen LogP contribution in [0.25, 0.3) is 0 Å². The summed E-state index contributed by atoms with van der Waals surface area (Å²) >= 11 is 0. The molecule has 0 spiro atoms. The first-order chi connectivity index (χ1) is 7.82. The van der Waals surface area contributed by atoms with Gasteiger partial charge in [-0.25, -0.2) is 4.79 Å². The summed E-state index contributed by atoms with van der Waals surface area (Å²) in [5.74, 6) is 0. The maximum atomic E-state index is 12.1. The van der Waals surface area contributed by atoms with Crippen LogP contribution in [-0.4, -0.2) is 47.8 Å². The molecular formula is C12H23N3O2. The average Bonchev–Trinajstić information content (AvgIpc) is 2.95. The van der Waals surface area contributed by atoms with Gasteiger partial charge in [-0.15, -0.1) is 0 Å². The molecule has 0 radical (unpaired) electrons. The zero-order chi connectivity index (χ0) is 12.7. The summed E-state index contributed by atoms with van der Waals surface area (Å²) in [7, 11) is 0. The smallest absolute Gasteiger partial charge is 0.410 e. The summed E-state index contributed by atoms with van der Waals surface area (Å²) in [5, 5.41) is 3.30. The SMILES string of the molecule is CC(C)(C)OC(=O)N1CCNCC1C1(N)CC1. The van der Waals surface area contributed by atoms with E-state index in [0.717, 1.165) is 25.9 Å². The molecule has 5 nitrogen and oxygen atoms in total. The molecule has 5 heteroatoms. The van der Waals surface area contributed by atoms with Crippen molar-refractivity contribution in [2.75, 3.05) is 19.6 Å². The highest BCUT2D eigenvalue weighted by Crippen LogP contribution is 2.38. The normalized spacial score (nSPS) is 27.8. The molecule has 2 fully saturated rings. The zero-order valence-corrected chi connectivity index (χ0v) is 11.0. The van der Waals surface area contributed by atoms with Gasteiger partial charge in [-0.05, 0) is 33.6 Å². The van der Waals surface area contributed by atoms with Crippen molar-refractivity contribution in [1.82, 2.24) is 10.2 Å². The molecular weight excluding hydrogens is 218 g/mol. The van der Waals surface area contributed by atoms with Crippen LogP contribution in [0.1, 0.15) is 33.6 Å². The second-order valence-electron chi connectivity index (χ2n) is 6.13. The molecule has 1 aliphatic carbocycles. The van der Waals surface area contributed by atoms with Crippen LogP contribution in [0.4, 0.5) is 4.79 Å². The number of amides is 1. The third-order valence-corrected chi connectivity index (χ3v) is 3.36. The van der Waals surface area contributed by atoms with Crippen LogP contribution >= 0.6 is 0 Å². The Hall–Kier alpha value is -0.810. The Balaban J connectivity index is 2.03. The molecule has 1 unspecified atom stereocenters. The maximum Gasteiger partial charge on any atom is 0.410 e. The van der Waals surface area contributed by atoms with Gasteiger partial charge in [-0.3, -0.25) is 0 Å². The Morgan fingerprint density at radius 2 is 2.12 bits per heavy atom. The number of carbonyl (C=O) groups is 1. The van der Waals surface area contributed by atoms with E-state index in [1.54, 1.807) is 4.90 Å². The molecule has 2 rings (SSSR count). The summed E-state index contributed by atoms with van der Waals surface area (Å²) in [6, 6.07) is 0.0751. The van der Waals surface area contributed by atoms with Crippen molar-refractivity contribution < 1.29 is 9.53 Å². The van der Waals surface area contributed by atoms with E-state index >= 15 is 0 Å². The van der Waals surface area contributed by atoms with E-state index in [9.17, 15) is 4.79 Å². The van der Waals surface area contributed by atoms with Gasteiger partial charge in [0.2, 0.25) is 0 Å². The molecule has 0 aromatic heterocycles. The minimum atomic E-state index is -0.447. The molecule has 17 heavy (non-hydrogen) atoms. The van der Waals surface area contributed by atoms with Gasteiger partial charge in [0.15, 0.2) is 0 Å². The van der Waals surface area contributed by atoms with Crippen molar-refractivity contribution in [2.45, 2.75) is 50.8 Å². The molecule has 3 N–H and O–H groups in total. The highest BCUT2D eigenvalue weighted by Gasteiger charge is 2.50. The predicted octanol–water partition coefficient (Wildman–Crippen LogP) is 0.687. The summed E-state index contributed by atoms with van der Waals surface area (Å²) in [5.41, 5.74) is 5.59. The number of nitrogens with one attached hydrogen (secondary N) is 1. The van der Waals surface area contributed by atoms with E-state index < -0.39 is 5.60 Å². The van der Waals surface area contributed by atoms with Gasteiger partial charge in [0.05, 0.1) is 6.04 Å². The second kappa shape index (κ2) is 4.14. The van der Waals surface area contributed by atoms with Crippen LogP contribution in [-0.2, 0) is 4.74 Å². The van der Waals surface area contributed by atoms with Crippen molar-refractivity contribution >= 4 is 6.09 Å². The summed E-state index contributed by atoms with van der Waals surface area (Å²) < 4.78 is 5.43. The summed E-state index contributed by atoms with van der Waals surface area (Å²) in [4.78, 5) is 13.9. The molecule has 2 aliphatic rings. The minimum absolute atomic E-state index is 0.0751. The molecule has 1 saturated heterocycles. The lowest BCUT2D eigenvalue weighted by atomic mass is 10.0. The van der Waals surface area contributed by atoms with Gasteiger partial charge in [-0.1, -0.05) is 0 Å². The predicted molar refractivity (Wildman–Crippen MR) is 65.8 cm³/mol. The largest absolute Gasteiger partial charge is 0.444 e. The quantitative estimate of drug-likeness (QED) is 0.708. The highest BCUT2D eigenvalue weighted by molar-refractivity contribution is 5.69. The maximum absolute atomic E-state index is 12.1. The first-order valence-corrected chi connectivity index (χ1v) is 6.31. The van der Waals surface area contributed by atoms with Crippen LogP contribution in [0.15, 0.2) is 0 Å². The van der Waals surface area contributed by atoms with Crippen LogP contribution in [0.5, 0.6) is 0 Å². The number of carbonyl (C=O) groups excluding carboxylic acids is 1. The fourth-order valence-electron chi connectivity index (χ4n) is 2.23. The van der Waals surface area contributed by atoms with Gasteiger partial charge >= 0.3 is 6.09 Å². The Morgan fingerprint density at radius 3 is 2.65 bits per heavy atom.